The molecular formula is C13H16N2O2S. The number of anilines is 1. The Bertz CT molecular complexity index is 476. The Morgan fingerprint density at radius 1 is 1.44 bits per heavy atom. The maximum Gasteiger partial charge on any atom is 0.252 e. The monoisotopic (exact) mass is 264 g/mol. The molecule has 2 amide bonds. The molecule has 0 aliphatic carbocycles. The van der Waals surface area contributed by atoms with Crippen LogP contribution in [0.4, 0.5) is 5.69 Å². The van der Waals surface area contributed by atoms with E-state index in [2.05, 4.69) is 5.32 Å². The average molecular weight is 264 g/mol. The van der Waals surface area contributed by atoms with E-state index in [1.54, 1.807) is 11.8 Å². The van der Waals surface area contributed by atoms with Crippen LogP contribution in [0.1, 0.15) is 13.3 Å². The third-order valence-electron chi connectivity index (χ3n) is 2.97. The summed E-state index contributed by atoms with van der Waals surface area (Å²) in [6.07, 6.45) is 2.25. The zero-order valence-corrected chi connectivity index (χ0v) is 11.3. The first-order chi connectivity index (χ1) is 8.65. The number of benzene rings is 1. The molecule has 4 nitrogen and oxygen atoms in total. The fraction of sp³-hybridized carbons (Fsp3) is 0.385. The summed E-state index contributed by atoms with van der Waals surface area (Å²) in [6, 6.07) is 7.42. The molecule has 1 fully saturated rings. The predicted octanol–water partition coefficient (Wildman–Crippen LogP) is 1.97. The molecular weight excluding hydrogens is 248 g/mol. The van der Waals surface area contributed by atoms with E-state index in [1.807, 2.05) is 37.4 Å². The Labute approximate surface area is 111 Å². The molecule has 0 radical (unpaired) electrons. The minimum Gasteiger partial charge on any atom is -0.373 e. The van der Waals surface area contributed by atoms with Crippen LogP contribution in [0.3, 0.4) is 0 Å². The standard InChI is InChI=1S/C13H16N2O2S/c1-3-15-12(16)8-11(13(15)17)14-9-5-4-6-10(7-9)18-2/h4-7,11,14H,3,8H2,1-2H3. The van der Waals surface area contributed by atoms with Gasteiger partial charge in [0.15, 0.2) is 0 Å². The van der Waals surface area contributed by atoms with Gasteiger partial charge in [-0.1, -0.05) is 6.07 Å². The van der Waals surface area contributed by atoms with Crippen molar-refractivity contribution in [2.24, 2.45) is 0 Å². The van der Waals surface area contributed by atoms with Crippen LogP contribution in [0.15, 0.2) is 29.2 Å². The van der Waals surface area contributed by atoms with Crippen LogP contribution in [0.2, 0.25) is 0 Å². The van der Waals surface area contributed by atoms with Gasteiger partial charge in [0.2, 0.25) is 5.91 Å². The maximum atomic E-state index is 11.9. The van der Waals surface area contributed by atoms with Gasteiger partial charge in [-0.15, -0.1) is 11.8 Å². The molecule has 1 saturated heterocycles. The van der Waals surface area contributed by atoms with E-state index in [1.165, 1.54) is 4.90 Å². The number of rotatable bonds is 4. The van der Waals surface area contributed by atoms with Crippen molar-refractivity contribution in [2.45, 2.75) is 24.3 Å². The lowest BCUT2D eigenvalue weighted by molar-refractivity contribution is -0.138. The second-order valence-electron chi connectivity index (χ2n) is 4.11. The van der Waals surface area contributed by atoms with Crippen molar-refractivity contribution in [1.82, 2.24) is 4.90 Å². The van der Waals surface area contributed by atoms with Crippen molar-refractivity contribution < 1.29 is 9.59 Å². The van der Waals surface area contributed by atoms with Gasteiger partial charge in [-0.25, -0.2) is 0 Å². The fourth-order valence-corrected chi connectivity index (χ4v) is 2.50. The van der Waals surface area contributed by atoms with Crippen molar-refractivity contribution in [1.29, 1.82) is 0 Å². The third-order valence-corrected chi connectivity index (χ3v) is 3.70. The van der Waals surface area contributed by atoms with Crippen LogP contribution in [0.5, 0.6) is 0 Å². The van der Waals surface area contributed by atoms with E-state index < -0.39 is 6.04 Å². The van der Waals surface area contributed by atoms with Crippen LogP contribution < -0.4 is 5.32 Å². The molecule has 1 aliphatic rings. The van der Waals surface area contributed by atoms with Gasteiger partial charge in [-0.3, -0.25) is 14.5 Å². The number of thioether (sulfide) groups is 1. The molecule has 0 saturated carbocycles. The Kier molecular flexibility index (Phi) is 3.91. The lowest BCUT2D eigenvalue weighted by Crippen LogP contribution is -2.34. The highest BCUT2D eigenvalue weighted by Crippen LogP contribution is 2.22. The van der Waals surface area contributed by atoms with Crippen LogP contribution >= 0.6 is 11.8 Å². The summed E-state index contributed by atoms with van der Waals surface area (Å²) in [4.78, 5) is 26.0. The van der Waals surface area contributed by atoms with Crippen molar-refractivity contribution in [3.8, 4) is 0 Å². The number of hydrogen-bond acceptors (Lipinski definition) is 4. The summed E-state index contributed by atoms with van der Waals surface area (Å²) in [5.41, 5.74) is 0.881. The van der Waals surface area contributed by atoms with Crippen molar-refractivity contribution in [3.63, 3.8) is 0 Å². The molecule has 2 rings (SSSR count). The van der Waals surface area contributed by atoms with Crippen molar-refractivity contribution >= 4 is 29.3 Å². The summed E-state index contributed by atoms with van der Waals surface area (Å²) in [7, 11) is 0. The minimum atomic E-state index is -0.422. The van der Waals surface area contributed by atoms with Gasteiger partial charge in [0.25, 0.3) is 5.91 Å². The number of amides is 2. The van der Waals surface area contributed by atoms with Crippen molar-refractivity contribution in [2.75, 3.05) is 18.1 Å². The number of likely N-dealkylation sites (tertiary alicyclic amines) is 1. The number of nitrogens with zero attached hydrogens (tertiary/aromatic N) is 1. The van der Waals surface area contributed by atoms with E-state index in [0.29, 0.717) is 6.54 Å². The van der Waals surface area contributed by atoms with Gasteiger partial charge >= 0.3 is 0 Å². The van der Waals surface area contributed by atoms with Gasteiger partial charge in [-0.05, 0) is 31.4 Å². The topological polar surface area (TPSA) is 49.4 Å². The highest BCUT2D eigenvalue weighted by atomic mass is 32.2. The van der Waals surface area contributed by atoms with Crippen LogP contribution in [0, 0.1) is 0 Å². The number of nitrogens with one attached hydrogen (secondary N) is 1. The van der Waals surface area contributed by atoms with E-state index in [4.69, 9.17) is 0 Å². The maximum absolute atomic E-state index is 11.9. The molecule has 1 N–H and O–H groups in total. The summed E-state index contributed by atoms with van der Waals surface area (Å²) < 4.78 is 0. The largest absolute Gasteiger partial charge is 0.373 e. The summed E-state index contributed by atoms with van der Waals surface area (Å²) in [6.45, 7) is 2.26. The minimum absolute atomic E-state index is 0.0963. The molecule has 0 aromatic heterocycles. The van der Waals surface area contributed by atoms with E-state index in [9.17, 15) is 9.59 Å². The Balaban J connectivity index is 2.10. The highest BCUT2D eigenvalue weighted by Gasteiger charge is 2.37. The quantitative estimate of drug-likeness (QED) is 0.667. The van der Waals surface area contributed by atoms with Crippen LogP contribution in [-0.2, 0) is 9.59 Å². The first-order valence-corrected chi connectivity index (χ1v) is 7.13. The summed E-state index contributed by atoms with van der Waals surface area (Å²) in [5.74, 6) is -0.224. The van der Waals surface area contributed by atoms with Gasteiger partial charge in [-0.2, -0.15) is 0 Å². The number of carbonyl (C=O) groups is 2. The smallest absolute Gasteiger partial charge is 0.252 e. The lowest BCUT2D eigenvalue weighted by atomic mass is 10.2. The fourth-order valence-electron chi connectivity index (χ4n) is 2.04. The molecule has 1 aromatic carbocycles. The first-order valence-electron chi connectivity index (χ1n) is 5.90. The first kappa shape index (κ1) is 13.0. The normalized spacial score (nSPS) is 19.4. The Morgan fingerprint density at radius 2 is 2.22 bits per heavy atom. The zero-order chi connectivity index (χ0) is 13.1. The lowest BCUT2D eigenvalue weighted by Gasteiger charge is -2.14. The van der Waals surface area contributed by atoms with Crippen LogP contribution in [-0.4, -0.2) is 35.6 Å². The Hall–Kier alpha value is -1.49. The summed E-state index contributed by atoms with van der Waals surface area (Å²) in [5, 5.41) is 3.13. The summed E-state index contributed by atoms with van der Waals surface area (Å²) >= 11 is 1.64. The van der Waals surface area contributed by atoms with E-state index in [-0.39, 0.29) is 18.2 Å². The molecule has 1 atom stereocenters. The Morgan fingerprint density at radius 3 is 2.83 bits per heavy atom. The molecule has 1 heterocycles. The van der Waals surface area contributed by atoms with E-state index in [0.717, 1.165) is 10.6 Å². The zero-order valence-electron chi connectivity index (χ0n) is 10.5. The molecule has 0 bridgehead atoms. The van der Waals surface area contributed by atoms with Gasteiger partial charge in [0, 0.05) is 17.1 Å². The molecule has 1 aliphatic heterocycles. The molecule has 96 valence electrons. The molecule has 0 spiro atoms. The second-order valence-corrected chi connectivity index (χ2v) is 4.99. The number of carbonyl (C=O) groups excluding carboxylic acids is 2. The highest BCUT2D eigenvalue weighted by molar-refractivity contribution is 7.98. The average Bonchev–Trinajstić information content (AvgIpc) is 2.64. The molecule has 5 heteroatoms. The third kappa shape index (κ3) is 2.51. The molecule has 1 unspecified atom stereocenters. The number of likely N-dealkylation sites (N-methyl/N-ethyl adjacent to an activating group) is 1. The van der Waals surface area contributed by atoms with Crippen molar-refractivity contribution in [3.05, 3.63) is 24.3 Å². The van der Waals surface area contributed by atoms with E-state index >= 15 is 0 Å². The number of imide groups is 1. The SMILES string of the molecule is CCN1C(=O)CC(Nc2cccc(SC)c2)C1=O. The van der Waals surface area contributed by atoms with Gasteiger partial charge in [0.1, 0.15) is 6.04 Å². The number of hydrogen-bond donors (Lipinski definition) is 1. The van der Waals surface area contributed by atoms with Crippen LogP contribution in [0.25, 0.3) is 0 Å². The van der Waals surface area contributed by atoms with Gasteiger partial charge < -0.3 is 5.32 Å². The second kappa shape index (κ2) is 5.44. The van der Waals surface area contributed by atoms with Gasteiger partial charge in [0.05, 0.1) is 6.42 Å². The molecule has 18 heavy (non-hydrogen) atoms. The predicted molar refractivity (Wildman–Crippen MR) is 72.6 cm³/mol. The molecule has 1 aromatic rings.